The third-order valence-corrected chi connectivity index (χ3v) is 2.54. The summed E-state index contributed by atoms with van der Waals surface area (Å²) in [5, 5.41) is 8.29. The van der Waals surface area contributed by atoms with Gasteiger partial charge in [0, 0.05) is 12.1 Å². The molecule has 0 aliphatic rings. The van der Waals surface area contributed by atoms with Crippen molar-refractivity contribution < 1.29 is 0 Å². The second kappa shape index (κ2) is 4.03. The zero-order valence-electron chi connectivity index (χ0n) is 8.74. The van der Waals surface area contributed by atoms with Crippen molar-refractivity contribution in [2.24, 2.45) is 0 Å². The summed E-state index contributed by atoms with van der Waals surface area (Å²) in [6, 6.07) is 8.13. The van der Waals surface area contributed by atoms with Crippen LogP contribution in [0.1, 0.15) is 18.3 Å². The van der Waals surface area contributed by atoms with Crippen LogP contribution >= 0.6 is 11.6 Å². The van der Waals surface area contributed by atoms with E-state index >= 15 is 0 Å². The van der Waals surface area contributed by atoms with Gasteiger partial charge in [-0.15, -0.1) is 10.2 Å². The molecule has 0 N–H and O–H groups in total. The van der Waals surface area contributed by atoms with Gasteiger partial charge >= 0.3 is 0 Å². The van der Waals surface area contributed by atoms with Crippen molar-refractivity contribution in [1.29, 1.82) is 0 Å². The standard InChI is InChI=1S/C11H12ClN3/c1-3-10-13-14-11(12)15(10)9-6-4-8(2)5-7-9/h4-7H,3H2,1-2H3. The highest BCUT2D eigenvalue weighted by molar-refractivity contribution is 6.28. The second-order valence-corrected chi connectivity index (χ2v) is 3.75. The monoisotopic (exact) mass is 221 g/mol. The summed E-state index contributed by atoms with van der Waals surface area (Å²) in [7, 11) is 0. The van der Waals surface area contributed by atoms with Crippen LogP contribution in [0.2, 0.25) is 5.28 Å². The van der Waals surface area contributed by atoms with Crippen LogP contribution in [0.4, 0.5) is 0 Å². The molecule has 0 aliphatic heterocycles. The SMILES string of the molecule is CCc1nnc(Cl)n1-c1ccc(C)cc1. The molecule has 2 rings (SSSR count). The Morgan fingerprint density at radius 1 is 1.20 bits per heavy atom. The Labute approximate surface area is 93.7 Å². The Balaban J connectivity index is 2.52. The van der Waals surface area contributed by atoms with Crippen LogP contribution in [-0.2, 0) is 6.42 Å². The number of nitrogens with zero attached hydrogens (tertiary/aromatic N) is 3. The van der Waals surface area contributed by atoms with Crippen molar-refractivity contribution in [3.63, 3.8) is 0 Å². The predicted molar refractivity (Wildman–Crippen MR) is 60.5 cm³/mol. The number of benzene rings is 1. The van der Waals surface area contributed by atoms with Gasteiger partial charge in [-0.1, -0.05) is 24.6 Å². The lowest BCUT2D eigenvalue weighted by Crippen LogP contribution is -2.00. The molecule has 2 aromatic rings. The normalized spacial score (nSPS) is 10.6. The van der Waals surface area contributed by atoms with Crippen molar-refractivity contribution >= 4 is 11.6 Å². The van der Waals surface area contributed by atoms with Crippen LogP contribution in [0, 0.1) is 6.92 Å². The molecule has 0 amide bonds. The molecule has 0 radical (unpaired) electrons. The molecule has 1 aromatic carbocycles. The molecular formula is C11H12ClN3. The quantitative estimate of drug-likeness (QED) is 0.781. The molecule has 1 heterocycles. The van der Waals surface area contributed by atoms with Crippen LogP contribution in [-0.4, -0.2) is 14.8 Å². The molecule has 4 heteroatoms. The summed E-state index contributed by atoms with van der Waals surface area (Å²) in [4.78, 5) is 0. The van der Waals surface area contributed by atoms with Gasteiger partial charge in [0.15, 0.2) is 0 Å². The predicted octanol–water partition coefficient (Wildman–Crippen LogP) is 2.79. The van der Waals surface area contributed by atoms with E-state index in [0.717, 1.165) is 17.9 Å². The van der Waals surface area contributed by atoms with E-state index in [0.29, 0.717) is 5.28 Å². The Morgan fingerprint density at radius 3 is 2.47 bits per heavy atom. The largest absolute Gasteiger partial charge is 0.270 e. The van der Waals surface area contributed by atoms with Gasteiger partial charge in [-0.2, -0.15) is 0 Å². The van der Waals surface area contributed by atoms with E-state index in [1.165, 1.54) is 5.56 Å². The second-order valence-electron chi connectivity index (χ2n) is 3.41. The van der Waals surface area contributed by atoms with E-state index in [1.54, 1.807) is 0 Å². The molecule has 0 spiro atoms. The topological polar surface area (TPSA) is 30.7 Å². The molecule has 0 unspecified atom stereocenters. The van der Waals surface area contributed by atoms with Crippen molar-refractivity contribution in [2.75, 3.05) is 0 Å². The van der Waals surface area contributed by atoms with Crippen LogP contribution in [0.5, 0.6) is 0 Å². The van der Waals surface area contributed by atoms with E-state index in [1.807, 2.05) is 35.8 Å². The van der Waals surface area contributed by atoms with Crippen molar-refractivity contribution in [3.05, 3.63) is 40.9 Å². The van der Waals surface area contributed by atoms with Crippen LogP contribution in [0.3, 0.4) is 0 Å². The Hall–Kier alpha value is -1.35. The summed E-state index contributed by atoms with van der Waals surface area (Å²) < 4.78 is 1.86. The molecule has 0 atom stereocenters. The van der Waals surface area contributed by atoms with E-state index in [4.69, 9.17) is 11.6 Å². The average Bonchev–Trinajstić information content (AvgIpc) is 2.61. The maximum Gasteiger partial charge on any atom is 0.229 e. The fourth-order valence-corrected chi connectivity index (χ4v) is 1.71. The molecule has 0 saturated heterocycles. The first-order valence-electron chi connectivity index (χ1n) is 4.89. The number of rotatable bonds is 2. The smallest absolute Gasteiger partial charge is 0.229 e. The first-order chi connectivity index (χ1) is 7.22. The van der Waals surface area contributed by atoms with E-state index < -0.39 is 0 Å². The Kier molecular flexibility index (Phi) is 2.73. The first-order valence-corrected chi connectivity index (χ1v) is 5.27. The van der Waals surface area contributed by atoms with Gasteiger partial charge < -0.3 is 0 Å². The first kappa shape index (κ1) is 10.2. The van der Waals surface area contributed by atoms with E-state index in [2.05, 4.69) is 17.1 Å². The number of hydrogen-bond acceptors (Lipinski definition) is 2. The van der Waals surface area contributed by atoms with Gasteiger partial charge in [0.25, 0.3) is 0 Å². The lowest BCUT2D eigenvalue weighted by atomic mass is 10.2. The molecule has 0 aliphatic carbocycles. The molecule has 78 valence electrons. The Bertz CT molecular complexity index is 459. The maximum atomic E-state index is 5.99. The molecule has 0 bridgehead atoms. The zero-order chi connectivity index (χ0) is 10.8. The van der Waals surface area contributed by atoms with Gasteiger partial charge in [0.05, 0.1) is 0 Å². The fraction of sp³-hybridized carbons (Fsp3) is 0.273. The van der Waals surface area contributed by atoms with Crippen molar-refractivity contribution in [1.82, 2.24) is 14.8 Å². The molecule has 0 fully saturated rings. The lowest BCUT2D eigenvalue weighted by Gasteiger charge is -2.06. The zero-order valence-corrected chi connectivity index (χ0v) is 9.49. The fourth-order valence-electron chi connectivity index (χ4n) is 1.47. The molecule has 3 nitrogen and oxygen atoms in total. The number of halogens is 1. The third kappa shape index (κ3) is 1.88. The van der Waals surface area contributed by atoms with Crippen LogP contribution in [0.25, 0.3) is 5.69 Å². The highest BCUT2D eigenvalue weighted by atomic mass is 35.5. The number of aryl methyl sites for hydroxylation is 2. The van der Waals surface area contributed by atoms with E-state index in [-0.39, 0.29) is 0 Å². The number of hydrogen-bond donors (Lipinski definition) is 0. The van der Waals surface area contributed by atoms with Crippen molar-refractivity contribution in [2.45, 2.75) is 20.3 Å². The van der Waals surface area contributed by atoms with Crippen LogP contribution < -0.4 is 0 Å². The summed E-state index contributed by atoms with van der Waals surface area (Å²) >= 11 is 5.99. The van der Waals surface area contributed by atoms with Crippen LogP contribution in [0.15, 0.2) is 24.3 Å². The highest BCUT2D eigenvalue weighted by Crippen LogP contribution is 2.17. The van der Waals surface area contributed by atoms with Gasteiger partial charge in [0.1, 0.15) is 5.82 Å². The summed E-state index contributed by atoms with van der Waals surface area (Å²) in [5.41, 5.74) is 2.23. The lowest BCUT2D eigenvalue weighted by molar-refractivity contribution is 0.883. The van der Waals surface area contributed by atoms with Gasteiger partial charge in [-0.25, -0.2) is 0 Å². The van der Waals surface area contributed by atoms with Crippen molar-refractivity contribution in [3.8, 4) is 5.69 Å². The highest BCUT2D eigenvalue weighted by Gasteiger charge is 2.09. The molecule has 15 heavy (non-hydrogen) atoms. The summed E-state index contributed by atoms with van der Waals surface area (Å²) in [5.74, 6) is 0.879. The molecular weight excluding hydrogens is 210 g/mol. The summed E-state index contributed by atoms with van der Waals surface area (Å²) in [6.07, 6.45) is 0.813. The molecule has 1 aromatic heterocycles. The minimum atomic E-state index is 0.413. The average molecular weight is 222 g/mol. The minimum Gasteiger partial charge on any atom is -0.270 e. The molecule has 0 saturated carbocycles. The maximum absolute atomic E-state index is 5.99. The number of aromatic nitrogens is 3. The Morgan fingerprint density at radius 2 is 1.87 bits per heavy atom. The third-order valence-electron chi connectivity index (χ3n) is 2.30. The minimum absolute atomic E-state index is 0.413. The summed E-state index contributed by atoms with van der Waals surface area (Å²) in [6.45, 7) is 4.09. The van der Waals surface area contributed by atoms with Gasteiger partial charge in [-0.3, -0.25) is 4.57 Å². The van der Waals surface area contributed by atoms with Gasteiger partial charge in [-0.05, 0) is 30.7 Å². The van der Waals surface area contributed by atoms with E-state index in [9.17, 15) is 0 Å². The van der Waals surface area contributed by atoms with Gasteiger partial charge in [0.2, 0.25) is 5.28 Å².